The molecule has 2 aliphatic rings. The first-order valence-electron chi connectivity index (χ1n) is 6.33. The third-order valence-electron chi connectivity index (χ3n) is 3.64. The third-order valence-corrected chi connectivity index (χ3v) is 4.43. The molecule has 0 amide bonds. The lowest BCUT2D eigenvalue weighted by atomic mass is 9.95. The predicted molar refractivity (Wildman–Crippen MR) is 67.5 cm³/mol. The van der Waals surface area contributed by atoms with E-state index in [2.05, 4.69) is 14.3 Å². The Bertz CT molecular complexity index is 427. The quantitative estimate of drug-likeness (QED) is 0.826. The summed E-state index contributed by atoms with van der Waals surface area (Å²) in [5.74, 6) is 2.14. The van der Waals surface area contributed by atoms with Gasteiger partial charge in [-0.2, -0.15) is 4.37 Å². The second-order valence-electron chi connectivity index (χ2n) is 5.11. The van der Waals surface area contributed by atoms with Crippen molar-refractivity contribution in [2.24, 2.45) is 5.92 Å². The fraction of sp³-hybridized carbons (Fsp3) is 0.750. The molecular formula is C12H17N3OS. The Morgan fingerprint density at radius 1 is 1.41 bits per heavy atom. The summed E-state index contributed by atoms with van der Waals surface area (Å²) in [4.78, 5) is 18.3. The number of ketones is 1. The molecule has 1 aliphatic carbocycles. The first kappa shape index (κ1) is 11.1. The molecule has 1 aromatic heterocycles. The lowest BCUT2D eigenvalue weighted by Crippen LogP contribution is -2.38. The van der Waals surface area contributed by atoms with Gasteiger partial charge in [-0.3, -0.25) is 4.79 Å². The minimum atomic E-state index is 0.192. The molecule has 2 heterocycles. The van der Waals surface area contributed by atoms with Crippen LogP contribution in [0.3, 0.4) is 0 Å². The van der Waals surface area contributed by atoms with Gasteiger partial charge < -0.3 is 4.90 Å². The second-order valence-corrected chi connectivity index (χ2v) is 5.84. The zero-order valence-corrected chi connectivity index (χ0v) is 10.9. The van der Waals surface area contributed by atoms with Crippen molar-refractivity contribution in [3.63, 3.8) is 0 Å². The number of rotatable bonds is 3. The van der Waals surface area contributed by atoms with E-state index in [1.165, 1.54) is 24.4 Å². The smallest absolute Gasteiger partial charge is 0.205 e. The summed E-state index contributed by atoms with van der Waals surface area (Å²) in [7, 11) is 0. The van der Waals surface area contributed by atoms with Gasteiger partial charge in [0.15, 0.2) is 0 Å². The number of piperidine rings is 1. The fourth-order valence-electron chi connectivity index (χ4n) is 2.34. The Balaban J connectivity index is 1.71. The zero-order chi connectivity index (χ0) is 11.8. The first-order valence-corrected chi connectivity index (χ1v) is 7.10. The van der Waals surface area contributed by atoms with Crippen molar-refractivity contribution in [3.05, 3.63) is 5.82 Å². The molecule has 0 bridgehead atoms. The fourth-order valence-corrected chi connectivity index (χ4v) is 3.13. The molecule has 2 fully saturated rings. The average molecular weight is 251 g/mol. The van der Waals surface area contributed by atoms with E-state index < -0.39 is 0 Å². The molecule has 1 saturated carbocycles. The second kappa shape index (κ2) is 4.37. The van der Waals surface area contributed by atoms with Crippen LogP contribution >= 0.6 is 11.5 Å². The van der Waals surface area contributed by atoms with E-state index >= 15 is 0 Å². The van der Waals surface area contributed by atoms with Crippen molar-refractivity contribution in [2.45, 2.75) is 38.5 Å². The van der Waals surface area contributed by atoms with Gasteiger partial charge in [-0.15, -0.1) is 0 Å². The summed E-state index contributed by atoms with van der Waals surface area (Å²) < 4.78 is 4.43. The summed E-state index contributed by atoms with van der Waals surface area (Å²) in [5, 5.41) is 1.01. The van der Waals surface area contributed by atoms with E-state index in [0.717, 1.165) is 36.9 Å². The molecule has 1 atom stereocenters. The summed E-state index contributed by atoms with van der Waals surface area (Å²) in [6.07, 6.45) is 4.60. The highest BCUT2D eigenvalue weighted by Crippen LogP contribution is 2.40. The maximum absolute atomic E-state index is 11.4. The number of aromatic nitrogens is 2. The van der Waals surface area contributed by atoms with Crippen molar-refractivity contribution in [2.75, 3.05) is 18.0 Å². The average Bonchev–Trinajstić information content (AvgIpc) is 3.07. The number of nitrogens with zero attached hydrogens (tertiary/aromatic N) is 3. The van der Waals surface area contributed by atoms with Crippen molar-refractivity contribution < 1.29 is 4.79 Å². The van der Waals surface area contributed by atoms with Crippen LogP contribution in [0.5, 0.6) is 0 Å². The summed E-state index contributed by atoms with van der Waals surface area (Å²) in [6, 6.07) is 0. The van der Waals surface area contributed by atoms with E-state index in [4.69, 9.17) is 0 Å². The number of hydrogen-bond acceptors (Lipinski definition) is 5. The maximum Gasteiger partial charge on any atom is 0.205 e. The van der Waals surface area contributed by atoms with Crippen LogP contribution in [-0.2, 0) is 4.79 Å². The van der Waals surface area contributed by atoms with E-state index in [1.54, 1.807) is 6.92 Å². The molecule has 5 heteroatoms. The topological polar surface area (TPSA) is 46.1 Å². The highest BCUT2D eigenvalue weighted by atomic mass is 32.1. The van der Waals surface area contributed by atoms with Gasteiger partial charge in [-0.05, 0) is 32.6 Å². The Morgan fingerprint density at radius 3 is 2.94 bits per heavy atom. The van der Waals surface area contributed by atoms with Gasteiger partial charge in [-0.1, -0.05) is 0 Å². The zero-order valence-electron chi connectivity index (χ0n) is 10.1. The maximum atomic E-state index is 11.4. The summed E-state index contributed by atoms with van der Waals surface area (Å²) in [5.41, 5.74) is 0. The highest BCUT2D eigenvalue weighted by molar-refractivity contribution is 7.09. The van der Waals surface area contributed by atoms with Gasteiger partial charge in [0.25, 0.3) is 0 Å². The number of hydrogen-bond donors (Lipinski definition) is 0. The van der Waals surface area contributed by atoms with Crippen molar-refractivity contribution in [1.29, 1.82) is 0 Å². The predicted octanol–water partition coefficient (Wildman–Crippen LogP) is 2.22. The van der Waals surface area contributed by atoms with Gasteiger partial charge in [0.1, 0.15) is 11.6 Å². The van der Waals surface area contributed by atoms with Crippen LogP contribution in [0.2, 0.25) is 0 Å². The van der Waals surface area contributed by atoms with E-state index in [9.17, 15) is 4.79 Å². The van der Waals surface area contributed by atoms with Gasteiger partial charge in [-0.25, -0.2) is 4.98 Å². The van der Waals surface area contributed by atoms with Crippen LogP contribution in [0, 0.1) is 5.92 Å². The number of Topliss-reactive ketones (excluding diaryl/α,β-unsaturated/α-hetero) is 1. The largest absolute Gasteiger partial charge is 0.346 e. The van der Waals surface area contributed by atoms with E-state index in [-0.39, 0.29) is 5.92 Å². The molecule has 1 aliphatic heterocycles. The van der Waals surface area contributed by atoms with E-state index in [1.807, 2.05) is 0 Å². The van der Waals surface area contributed by atoms with Crippen LogP contribution < -0.4 is 4.90 Å². The Kier molecular flexibility index (Phi) is 2.86. The summed E-state index contributed by atoms with van der Waals surface area (Å²) >= 11 is 1.49. The standard InChI is InChI=1S/C12H17N3OS/c1-8(16)10-3-2-6-15(7-10)12-13-11(14-17-12)9-4-5-9/h9-10H,2-7H2,1H3. The number of carbonyl (C=O) groups is 1. The minimum absolute atomic E-state index is 0.192. The Hall–Kier alpha value is -0.970. The van der Waals surface area contributed by atoms with Crippen LogP contribution in [0.1, 0.15) is 44.3 Å². The molecule has 0 N–H and O–H groups in total. The molecule has 17 heavy (non-hydrogen) atoms. The van der Waals surface area contributed by atoms with Crippen LogP contribution in [0.4, 0.5) is 5.13 Å². The van der Waals surface area contributed by atoms with Crippen molar-refractivity contribution >= 4 is 22.4 Å². The SMILES string of the molecule is CC(=O)C1CCCN(c2nc(C3CC3)ns2)C1. The molecule has 1 aromatic rings. The molecule has 1 unspecified atom stereocenters. The van der Waals surface area contributed by atoms with Crippen LogP contribution in [0.15, 0.2) is 0 Å². The molecule has 0 spiro atoms. The number of anilines is 1. The summed E-state index contributed by atoms with van der Waals surface area (Å²) in [6.45, 7) is 3.54. The molecule has 1 saturated heterocycles. The number of carbonyl (C=O) groups excluding carboxylic acids is 1. The van der Waals surface area contributed by atoms with Gasteiger partial charge in [0, 0.05) is 36.5 Å². The minimum Gasteiger partial charge on any atom is -0.346 e. The Labute approximate surface area is 105 Å². The third kappa shape index (κ3) is 2.34. The molecular weight excluding hydrogens is 234 g/mol. The lowest BCUT2D eigenvalue weighted by Gasteiger charge is -2.30. The Morgan fingerprint density at radius 2 is 2.24 bits per heavy atom. The molecule has 0 radical (unpaired) electrons. The lowest BCUT2D eigenvalue weighted by molar-refractivity contribution is -0.120. The van der Waals surface area contributed by atoms with Gasteiger partial charge in [0.2, 0.25) is 5.13 Å². The van der Waals surface area contributed by atoms with Crippen LogP contribution in [0.25, 0.3) is 0 Å². The highest BCUT2D eigenvalue weighted by Gasteiger charge is 2.30. The normalized spacial score (nSPS) is 25.0. The van der Waals surface area contributed by atoms with E-state index in [0.29, 0.717) is 11.7 Å². The van der Waals surface area contributed by atoms with Gasteiger partial charge in [0.05, 0.1) is 0 Å². The monoisotopic (exact) mass is 251 g/mol. The van der Waals surface area contributed by atoms with Crippen molar-refractivity contribution in [3.8, 4) is 0 Å². The van der Waals surface area contributed by atoms with Gasteiger partial charge >= 0.3 is 0 Å². The van der Waals surface area contributed by atoms with Crippen LogP contribution in [-0.4, -0.2) is 28.2 Å². The molecule has 0 aromatic carbocycles. The molecule has 4 nitrogen and oxygen atoms in total. The molecule has 3 rings (SSSR count). The molecule has 92 valence electrons. The van der Waals surface area contributed by atoms with Crippen molar-refractivity contribution in [1.82, 2.24) is 9.36 Å². The first-order chi connectivity index (χ1) is 8.24.